The van der Waals surface area contributed by atoms with Gasteiger partial charge in [0.05, 0.1) is 5.52 Å². The molecule has 0 amide bonds. The predicted molar refractivity (Wildman–Crippen MR) is 77.1 cm³/mol. The molecular formula is C16H22N2. The fraction of sp³-hybridized carbons (Fsp3) is 0.500. The zero-order valence-electron chi connectivity index (χ0n) is 11.6. The van der Waals surface area contributed by atoms with Crippen LogP contribution in [0.3, 0.4) is 0 Å². The molecular weight excluding hydrogens is 220 g/mol. The number of rotatable bonds is 1. The molecule has 1 saturated heterocycles. The van der Waals surface area contributed by atoms with Crippen LogP contribution in [0.4, 0.5) is 0 Å². The van der Waals surface area contributed by atoms with Gasteiger partial charge in [-0.25, -0.2) is 0 Å². The normalized spacial score (nSPS) is 18.6. The maximum atomic E-state index is 2.44. The Labute approximate surface area is 109 Å². The number of hydrogen-bond donors (Lipinski definition) is 0. The molecule has 0 saturated carbocycles. The van der Waals surface area contributed by atoms with Crippen molar-refractivity contribution >= 4 is 10.9 Å². The van der Waals surface area contributed by atoms with E-state index in [1.807, 2.05) is 0 Å². The Morgan fingerprint density at radius 2 is 1.83 bits per heavy atom. The number of piperidine rings is 1. The summed E-state index contributed by atoms with van der Waals surface area (Å²) in [6.07, 6.45) is 4.95. The van der Waals surface area contributed by atoms with Gasteiger partial charge in [-0.05, 0) is 56.9 Å². The van der Waals surface area contributed by atoms with Crippen molar-refractivity contribution in [1.82, 2.24) is 9.47 Å². The number of aryl methyl sites for hydroxylation is 2. The number of nitrogens with zero attached hydrogens (tertiary/aromatic N) is 2. The van der Waals surface area contributed by atoms with Gasteiger partial charge >= 0.3 is 0 Å². The minimum atomic E-state index is 0.742. The number of fused-ring (bicyclic) bond motifs is 1. The number of aromatic nitrogens is 1. The van der Waals surface area contributed by atoms with Gasteiger partial charge in [0.25, 0.3) is 0 Å². The van der Waals surface area contributed by atoms with E-state index in [2.05, 4.69) is 54.9 Å². The predicted octanol–water partition coefficient (Wildman–Crippen LogP) is 3.30. The first-order valence-corrected chi connectivity index (χ1v) is 6.90. The average molecular weight is 242 g/mol. The molecule has 0 atom stereocenters. The van der Waals surface area contributed by atoms with Crippen molar-refractivity contribution in [3.8, 4) is 0 Å². The molecule has 2 heteroatoms. The first-order valence-electron chi connectivity index (χ1n) is 6.90. The Balaban J connectivity index is 2.05. The van der Waals surface area contributed by atoms with E-state index in [1.165, 1.54) is 42.4 Å². The lowest BCUT2D eigenvalue weighted by Gasteiger charge is -2.28. The molecule has 0 N–H and O–H groups in total. The van der Waals surface area contributed by atoms with Gasteiger partial charge in [0.2, 0.25) is 0 Å². The van der Waals surface area contributed by atoms with Crippen LogP contribution in [0.25, 0.3) is 10.9 Å². The van der Waals surface area contributed by atoms with Crippen molar-refractivity contribution in [2.24, 2.45) is 7.05 Å². The summed E-state index contributed by atoms with van der Waals surface area (Å²) >= 11 is 0. The van der Waals surface area contributed by atoms with E-state index in [0.717, 1.165) is 5.92 Å². The molecule has 2 heterocycles. The maximum Gasteiger partial charge on any atom is 0.0510 e. The number of likely N-dealkylation sites (tertiary alicyclic amines) is 1. The minimum absolute atomic E-state index is 0.742. The van der Waals surface area contributed by atoms with Gasteiger partial charge < -0.3 is 9.47 Å². The van der Waals surface area contributed by atoms with Crippen molar-refractivity contribution in [2.75, 3.05) is 20.1 Å². The maximum absolute atomic E-state index is 2.44. The Bertz CT molecular complexity index is 560. The van der Waals surface area contributed by atoms with Crippen LogP contribution in [0.15, 0.2) is 24.4 Å². The monoisotopic (exact) mass is 242 g/mol. The van der Waals surface area contributed by atoms with Crippen molar-refractivity contribution in [3.63, 3.8) is 0 Å². The molecule has 1 aliphatic heterocycles. The highest BCUT2D eigenvalue weighted by atomic mass is 15.1. The van der Waals surface area contributed by atoms with Crippen LogP contribution < -0.4 is 0 Å². The summed E-state index contributed by atoms with van der Waals surface area (Å²) in [5.74, 6) is 0.742. The Morgan fingerprint density at radius 3 is 2.56 bits per heavy atom. The SMILES string of the molecule is Cc1cccc2c(C3CCN(C)CC3)cn(C)c12. The molecule has 1 fully saturated rings. The minimum Gasteiger partial charge on any atom is -0.350 e. The zero-order valence-corrected chi connectivity index (χ0v) is 11.6. The number of hydrogen-bond acceptors (Lipinski definition) is 1. The third kappa shape index (κ3) is 1.85. The second kappa shape index (κ2) is 4.43. The molecule has 0 radical (unpaired) electrons. The lowest BCUT2D eigenvalue weighted by atomic mass is 9.89. The van der Waals surface area contributed by atoms with Crippen LogP contribution in [-0.4, -0.2) is 29.6 Å². The quantitative estimate of drug-likeness (QED) is 0.745. The second-order valence-corrected chi connectivity index (χ2v) is 5.74. The van der Waals surface area contributed by atoms with Crippen molar-refractivity contribution < 1.29 is 0 Å². The molecule has 0 unspecified atom stereocenters. The summed E-state index contributed by atoms with van der Waals surface area (Å²) in [4.78, 5) is 2.44. The largest absolute Gasteiger partial charge is 0.350 e. The van der Waals surface area contributed by atoms with Gasteiger partial charge in [-0.15, -0.1) is 0 Å². The molecule has 1 aromatic carbocycles. The summed E-state index contributed by atoms with van der Waals surface area (Å²) in [7, 11) is 4.40. The van der Waals surface area contributed by atoms with Crippen LogP contribution in [0, 0.1) is 6.92 Å². The van der Waals surface area contributed by atoms with Gasteiger partial charge in [-0.1, -0.05) is 18.2 Å². The highest BCUT2D eigenvalue weighted by molar-refractivity contribution is 5.87. The Hall–Kier alpha value is -1.28. The zero-order chi connectivity index (χ0) is 12.7. The third-order valence-corrected chi connectivity index (χ3v) is 4.39. The van der Waals surface area contributed by atoms with Crippen LogP contribution in [0.1, 0.15) is 29.9 Å². The summed E-state index contributed by atoms with van der Waals surface area (Å²) in [5.41, 5.74) is 4.35. The van der Waals surface area contributed by atoms with E-state index in [1.54, 1.807) is 5.56 Å². The van der Waals surface area contributed by atoms with Crippen LogP contribution >= 0.6 is 0 Å². The summed E-state index contributed by atoms with van der Waals surface area (Å²) in [6.45, 7) is 4.67. The summed E-state index contributed by atoms with van der Waals surface area (Å²) < 4.78 is 2.30. The number of para-hydroxylation sites is 1. The van der Waals surface area contributed by atoms with E-state index in [4.69, 9.17) is 0 Å². The molecule has 0 spiro atoms. The Kier molecular flexibility index (Phi) is 2.90. The average Bonchev–Trinajstić information content (AvgIpc) is 2.69. The van der Waals surface area contributed by atoms with Crippen LogP contribution in [0.2, 0.25) is 0 Å². The van der Waals surface area contributed by atoms with Gasteiger partial charge in [-0.3, -0.25) is 0 Å². The van der Waals surface area contributed by atoms with Crippen LogP contribution in [-0.2, 0) is 7.05 Å². The summed E-state index contributed by atoms with van der Waals surface area (Å²) in [5, 5.41) is 1.46. The highest BCUT2D eigenvalue weighted by Crippen LogP contribution is 2.34. The van der Waals surface area contributed by atoms with E-state index in [0.29, 0.717) is 0 Å². The van der Waals surface area contributed by atoms with Crippen molar-refractivity contribution in [1.29, 1.82) is 0 Å². The Morgan fingerprint density at radius 1 is 1.11 bits per heavy atom. The van der Waals surface area contributed by atoms with Gasteiger partial charge in [0, 0.05) is 18.6 Å². The standard InChI is InChI=1S/C16H22N2/c1-12-5-4-6-14-15(11-18(3)16(12)14)13-7-9-17(2)10-8-13/h4-6,11,13H,7-10H2,1-3H3. The number of benzene rings is 1. The highest BCUT2D eigenvalue weighted by Gasteiger charge is 2.21. The van der Waals surface area contributed by atoms with Crippen molar-refractivity contribution in [2.45, 2.75) is 25.7 Å². The van der Waals surface area contributed by atoms with Crippen LogP contribution in [0.5, 0.6) is 0 Å². The molecule has 1 aromatic heterocycles. The smallest absolute Gasteiger partial charge is 0.0510 e. The first kappa shape index (κ1) is 11.8. The molecule has 18 heavy (non-hydrogen) atoms. The molecule has 0 aliphatic carbocycles. The van der Waals surface area contributed by atoms with Gasteiger partial charge in [0.1, 0.15) is 0 Å². The topological polar surface area (TPSA) is 8.17 Å². The second-order valence-electron chi connectivity index (χ2n) is 5.74. The van der Waals surface area contributed by atoms with E-state index in [-0.39, 0.29) is 0 Å². The van der Waals surface area contributed by atoms with Gasteiger partial charge in [-0.2, -0.15) is 0 Å². The van der Waals surface area contributed by atoms with E-state index >= 15 is 0 Å². The third-order valence-electron chi connectivity index (χ3n) is 4.39. The fourth-order valence-corrected chi connectivity index (χ4v) is 3.35. The lowest BCUT2D eigenvalue weighted by Crippen LogP contribution is -2.29. The molecule has 0 bridgehead atoms. The van der Waals surface area contributed by atoms with E-state index in [9.17, 15) is 0 Å². The van der Waals surface area contributed by atoms with E-state index < -0.39 is 0 Å². The molecule has 2 aromatic rings. The summed E-state index contributed by atoms with van der Waals surface area (Å²) in [6, 6.07) is 6.69. The molecule has 96 valence electrons. The lowest BCUT2D eigenvalue weighted by molar-refractivity contribution is 0.256. The fourth-order valence-electron chi connectivity index (χ4n) is 3.35. The van der Waals surface area contributed by atoms with Crippen molar-refractivity contribution in [3.05, 3.63) is 35.5 Å². The van der Waals surface area contributed by atoms with Gasteiger partial charge in [0.15, 0.2) is 0 Å². The first-order chi connectivity index (χ1) is 8.66. The molecule has 1 aliphatic rings. The molecule has 3 rings (SSSR count). The molecule has 2 nitrogen and oxygen atoms in total.